The maximum absolute atomic E-state index is 12.7. The minimum atomic E-state index is -0.279. The van der Waals surface area contributed by atoms with Crippen LogP contribution in [0.2, 0.25) is 0 Å². The van der Waals surface area contributed by atoms with Crippen molar-refractivity contribution in [1.29, 1.82) is 0 Å². The summed E-state index contributed by atoms with van der Waals surface area (Å²) in [5.74, 6) is 2.42. The van der Waals surface area contributed by atoms with E-state index in [0.29, 0.717) is 19.6 Å². The molecule has 168 valence electrons. The van der Waals surface area contributed by atoms with Gasteiger partial charge in [-0.2, -0.15) is 0 Å². The number of hydrogen-bond acceptors (Lipinski definition) is 5. The van der Waals surface area contributed by atoms with Crippen LogP contribution in [0.5, 0.6) is 11.5 Å². The van der Waals surface area contributed by atoms with Gasteiger partial charge in [0.25, 0.3) is 0 Å². The van der Waals surface area contributed by atoms with Gasteiger partial charge < -0.3 is 19.3 Å². The van der Waals surface area contributed by atoms with Gasteiger partial charge in [-0.1, -0.05) is 48.5 Å². The van der Waals surface area contributed by atoms with E-state index in [0.717, 1.165) is 39.7 Å². The molecule has 2 heterocycles. The molecular weight excluding hydrogens is 414 g/mol. The molecule has 1 atom stereocenters. The van der Waals surface area contributed by atoms with Gasteiger partial charge in [-0.05, 0) is 49.2 Å². The van der Waals surface area contributed by atoms with Crippen LogP contribution in [0.25, 0.3) is 0 Å². The maximum Gasteiger partial charge on any atom is 0.410 e. The summed E-state index contributed by atoms with van der Waals surface area (Å²) in [5.41, 5.74) is 3.87. The van der Waals surface area contributed by atoms with Gasteiger partial charge in [-0.25, -0.2) is 9.79 Å². The highest BCUT2D eigenvalue weighted by atomic mass is 16.6. The van der Waals surface area contributed by atoms with Crippen molar-refractivity contribution in [2.24, 2.45) is 4.99 Å². The fraction of sp³-hybridized carbons (Fsp3) is 0.259. The first kappa shape index (κ1) is 21.1. The number of aliphatic imine (C=N–C) groups is 1. The van der Waals surface area contributed by atoms with Crippen LogP contribution in [0, 0.1) is 6.92 Å². The molecule has 6 nitrogen and oxygen atoms in total. The minimum Gasteiger partial charge on any atom is -0.454 e. The monoisotopic (exact) mass is 441 g/mol. The number of amides is 1. The highest BCUT2D eigenvalue weighted by Crippen LogP contribution is 2.38. The molecule has 2 aliphatic heterocycles. The van der Waals surface area contributed by atoms with Gasteiger partial charge in [0, 0.05) is 25.7 Å². The zero-order valence-corrected chi connectivity index (χ0v) is 18.9. The fourth-order valence-corrected chi connectivity index (χ4v) is 4.29. The molecule has 0 N–H and O–H groups in total. The van der Waals surface area contributed by atoms with E-state index in [1.165, 1.54) is 0 Å². The lowest BCUT2D eigenvalue weighted by atomic mass is 10.1. The Hall–Kier alpha value is -3.80. The second kappa shape index (κ2) is 8.98. The van der Waals surface area contributed by atoms with Crippen LogP contribution in [0.1, 0.15) is 23.6 Å². The Morgan fingerprint density at radius 1 is 1.03 bits per heavy atom. The van der Waals surface area contributed by atoms with Crippen molar-refractivity contribution in [2.45, 2.75) is 26.5 Å². The second-order valence-electron chi connectivity index (χ2n) is 8.53. The third kappa shape index (κ3) is 4.42. The van der Waals surface area contributed by atoms with E-state index in [9.17, 15) is 4.79 Å². The Morgan fingerprint density at radius 3 is 2.64 bits per heavy atom. The number of benzene rings is 3. The van der Waals surface area contributed by atoms with Crippen LogP contribution < -0.4 is 4.74 Å². The topological polar surface area (TPSA) is 54.4 Å². The van der Waals surface area contributed by atoms with E-state index in [2.05, 4.69) is 4.90 Å². The molecule has 0 saturated carbocycles. The van der Waals surface area contributed by atoms with Gasteiger partial charge in [-0.15, -0.1) is 0 Å². The Morgan fingerprint density at radius 2 is 1.82 bits per heavy atom. The van der Waals surface area contributed by atoms with Crippen molar-refractivity contribution >= 4 is 17.6 Å². The van der Waals surface area contributed by atoms with Crippen LogP contribution in [-0.2, 0) is 11.3 Å². The lowest BCUT2D eigenvalue weighted by Crippen LogP contribution is -2.55. The number of aryl methyl sites for hydroxylation is 1. The van der Waals surface area contributed by atoms with Crippen molar-refractivity contribution in [1.82, 2.24) is 9.80 Å². The van der Waals surface area contributed by atoms with Gasteiger partial charge in [0.1, 0.15) is 23.9 Å². The predicted octanol–water partition coefficient (Wildman–Crippen LogP) is 5.52. The second-order valence-corrected chi connectivity index (χ2v) is 8.53. The molecule has 2 aliphatic rings. The van der Waals surface area contributed by atoms with Crippen molar-refractivity contribution in [3.8, 4) is 11.5 Å². The van der Waals surface area contributed by atoms with Gasteiger partial charge in [0.05, 0.1) is 5.56 Å². The molecule has 5 rings (SSSR count). The van der Waals surface area contributed by atoms with E-state index in [4.69, 9.17) is 14.5 Å². The number of piperazine rings is 1. The lowest BCUT2D eigenvalue weighted by Gasteiger charge is -2.40. The third-order valence-corrected chi connectivity index (χ3v) is 6.06. The predicted molar refractivity (Wildman–Crippen MR) is 128 cm³/mol. The fourth-order valence-electron chi connectivity index (χ4n) is 4.29. The standard InChI is InChI=1S/C27H27N3O3/c1-19-12-13-23-25(16-19)33-24-11-7-6-10-22(24)26(28-23)29-14-15-30(20(2)17-29)27(31)32-18-21-8-4-3-5-9-21/h3-13,16,20H,14-15,17-18H2,1-2H3. The van der Waals surface area contributed by atoms with Crippen LogP contribution in [0.4, 0.5) is 10.5 Å². The van der Waals surface area contributed by atoms with Crippen molar-refractivity contribution < 1.29 is 14.3 Å². The summed E-state index contributed by atoms with van der Waals surface area (Å²) < 4.78 is 11.8. The quantitative estimate of drug-likeness (QED) is 0.525. The van der Waals surface area contributed by atoms with Gasteiger partial charge in [0.15, 0.2) is 5.75 Å². The summed E-state index contributed by atoms with van der Waals surface area (Å²) >= 11 is 0. The van der Waals surface area contributed by atoms with E-state index in [1.54, 1.807) is 4.90 Å². The molecule has 0 aromatic heterocycles. The summed E-state index contributed by atoms with van der Waals surface area (Å²) in [6.07, 6.45) is -0.279. The zero-order chi connectivity index (χ0) is 22.8. The molecule has 3 aromatic carbocycles. The van der Waals surface area contributed by atoms with Crippen molar-refractivity contribution in [3.63, 3.8) is 0 Å². The summed E-state index contributed by atoms with van der Waals surface area (Å²) in [4.78, 5) is 21.8. The van der Waals surface area contributed by atoms with Gasteiger partial charge in [0.2, 0.25) is 0 Å². The first-order valence-corrected chi connectivity index (χ1v) is 11.3. The molecule has 1 saturated heterocycles. The highest BCUT2D eigenvalue weighted by Gasteiger charge is 2.32. The first-order valence-electron chi connectivity index (χ1n) is 11.3. The summed E-state index contributed by atoms with van der Waals surface area (Å²) in [6, 6.07) is 23.8. The molecule has 33 heavy (non-hydrogen) atoms. The molecule has 6 heteroatoms. The average Bonchev–Trinajstić information content (AvgIpc) is 2.99. The van der Waals surface area contributed by atoms with Crippen molar-refractivity contribution in [3.05, 3.63) is 89.5 Å². The number of amidine groups is 1. The number of ether oxygens (including phenoxy) is 2. The highest BCUT2D eigenvalue weighted by molar-refractivity contribution is 6.03. The average molecular weight is 442 g/mol. The van der Waals surface area contributed by atoms with E-state index in [-0.39, 0.29) is 18.7 Å². The van der Waals surface area contributed by atoms with Gasteiger partial charge in [-0.3, -0.25) is 0 Å². The summed E-state index contributed by atoms with van der Waals surface area (Å²) in [7, 11) is 0. The van der Waals surface area contributed by atoms with Crippen LogP contribution >= 0.6 is 0 Å². The molecular formula is C27H27N3O3. The lowest BCUT2D eigenvalue weighted by molar-refractivity contribution is 0.0624. The number of fused-ring (bicyclic) bond motifs is 2. The molecule has 3 aromatic rings. The SMILES string of the molecule is Cc1ccc2c(c1)Oc1ccccc1C(N1CCN(C(=O)OCc3ccccc3)C(C)C1)=N2. The Labute approximate surface area is 194 Å². The number of hydrogen-bond donors (Lipinski definition) is 0. The van der Waals surface area contributed by atoms with Crippen LogP contribution in [0.15, 0.2) is 77.8 Å². The Bertz CT molecular complexity index is 1190. The Balaban J connectivity index is 1.35. The van der Waals surface area contributed by atoms with Crippen molar-refractivity contribution in [2.75, 3.05) is 19.6 Å². The molecule has 1 amide bonds. The molecule has 1 fully saturated rings. The van der Waals surface area contributed by atoms with E-state index >= 15 is 0 Å². The number of nitrogens with zero attached hydrogens (tertiary/aromatic N) is 3. The molecule has 0 aliphatic carbocycles. The maximum atomic E-state index is 12.7. The smallest absolute Gasteiger partial charge is 0.410 e. The number of carbonyl (C=O) groups excluding carboxylic acids is 1. The molecule has 0 bridgehead atoms. The van der Waals surface area contributed by atoms with E-state index in [1.807, 2.05) is 86.6 Å². The first-order chi connectivity index (χ1) is 16.1. The number of rotatable bonds is 2. The third-order valence-electron chi connectivity index (χ3n) is 6.06. The molecule has 1 unspecified atom stereocenters. The number of para-hydroxylation sites is 1. The van der Waals surface area contributed by atoms with Crippen LogP contribution in [-0.4, -0.2) is 47.4 Å². The van der Waals surface area contributed by atoms with E-state index < -0.39 is 0 Å². The zero-order valence-electron chi connectivity index (χ0n) is 18.9. The number of carbonyl (C=O) groups is 1. The largest absolute Gasteiger partial charge is 0.454 e. The van der Waals surface area contributed by atoms with Gasteiger partial charge >= 0.3 is 6.09 Å². The summed E-state index contributed by atoms with van der Waals surface area (Å²) in [6.45, 7) is 6.27. The van der Waals surface area contributed by atoms with Crippen LogP contribution in [0.3, 0.4) is 0 Å². The normalized spacial score (nSPS) is 17.3. The molecule has 0 radical (unpaired) electrons. The Kier molecular flexibility index (Phi) is 5.73. The molecule has 0 spiro atoms. The minimum absolute atomic E-state index is 0.0152. The summed E-state index contributed by atoms with van der Waals surface area (Å²) in [5, 5.41) is 0.